The molecule has 1 aliphatic heterocycles. The van der Waals surface area contributed by atoms with Crippen LogP contribution in [0.1, 0.15) is 18.7 Å². The Labute approximate surface area is 177 Å². The molecule has 3 aromatic rings. The lowest BCUT2D eigenvalue weighted by atomic mass is 10.2. The zero-order valence-electron chi connectivity index (χ0n) is 15.4. The van der Waals surface area contributed by atoms with Gasteiger partial charge in [0, 0.05) is 37.0 Å². The van der Waals surface area contributed by atoms with Gasteiger partial charge in [0.2, 0.25) is 5.91 Å². The first-order chi connectivity index (χ1) is 14.1. The summed E-state index contributed by atoms with van der Waals surface area (Å²) in [7, 11) is 0. The number of carbonyl (C=O) groups excluding carboxylic acids is 1. The van der Waals surface area contributed by atoms with Gasteiger partial charge in [0.25, 0.3) is 0 Å². The second-order valence-corrected chi connectivity index (χ2v) is 7.29. The van der Waals surface area contributed by atoms with E-state index in [1.807, 2.05) is 18.2 Å². The third-order valence-corrected chi connectivity index (χ3v) is 5.01. The maximum absolute atomic E-state index is 12.4. The van der Waals surface area contributed by atoms with E-state index in [1.165, 1.54) is 0 Å². The van der Waals surface area contributed by atoms with Crippen LogP contribution in [-0.4, -0.2) is 24.1 Å². The lowest BCUT2D eigenvalue weighted by Gasteiger charge is -2.12. The number of amides is 1. The number of oxazole rings is 1. The number of nitrogens with zero attached hydrogens (tertiary/aromatic N) is 1. The molecule has 0 aliphatic carbocycles. The number of hydrogen-bond donors (Lipinski definition) is 1. The summed E-state index contributed by atoms with van der Waals surface area (Å²) < 4.78 is 17.0. The summed E-state index contributed by atoms with van der Waals surface area (Å²) >= 11 is 12.4. The number of rotatable bonds is 5. The van der Waals surface area contributed by atoms with Crippen LogP contribution >= 0.6 is 23.2 Å². The molecule has 1 aliphatic rings. The van der Waals surface area contributed by atoms with Crippen molar-refractivity contribution in [3.8, 4) is 22.8 Å². The van der Waals surface area contributed by atoms with Gasteiger partial charge in [-0.2, -0.15) is 0 Å². The van der Waals surface area contributed by atoms with Crippen LogP contribution < -0.4 is 14.8 Å². The van der Waals surface area contributed by atoms with Gasteiger partial charge >= 0.3 is 0 Å². The molecular weight excluding hydrogens is 415 g/mol. The Bertz CT molecular complexity index is 1040. The minimum absolute atomic E-state index is 0.188. The number of aryl methyl sites for hydroxylation is 1. The average molecular weight is 433 g/mol. The van der Waals surface area contributed by atoms with E-state index >= 15 is 0 Å². The summed E-state index contributed by atoms with van der Waals surface area (Å²) in [5.74, 6) is 1.97. The summed E-state index contributed by atoms with van der Waals surface area (Å²) in [6.45, 7) is 1.13. The fourth-order valence-electron chi connectivity index (χ4n) is 2.92. The molecule has 6 nitrogen and oxygen atoms in total. The van der Waals surface area contributed by atoms with Gasteiger partial charge in [0.1, 0.15) is 0 Å². The standard InChI is InChI=1S/C21H18Cl2N2O4/c22-14-5-2-1-4-13(14)19-12-24-21(29-19)7-6-20(26)25-16-11-18-17(10-15(16)23)27-8-3-9-28-18/h1-2,4-5,10-12H,3,6-9H2,(H,25,26). The number of benzene rings is 2. The molecule has 0 radical (unpaired) electrons. The molecular formula is C21H18Cl2N2O4. The fourth-order valence-corrected chi connectivity index (χ4v) is 3.35. The lowest BCUT2D eigenvalue weighted by molar-refractivity contribution is -0.116. The predicted octanol–water partition coefficient (Wildman–Crippen LogP) is 5.38. The van der Waals surface area contributed by atoms with Crippen molar-refractivity contribution < 1.29 is 18.7 Å². The molecule has 2 aromatic carbocycles. The number of aromatic nitrogens is 1. The molecule has 0 bridgehead atoms. The predicted molar refractivity (Wildman–Crippen MR) is 111 cm³/mol. The summed E-state index contributed by atoms with van der Waals surface area (Å²) in [6, 6.07) is 10.7. The van der Waals surface area contributed by atoms with Gasteiger partial charge in [-0.3, -0.25) is 4.79 Å². The van der Waals surface area contributed by atoms with Crippen LogP contribution in [0.2, 0.25) is 10.0 Å². The normalized spacial score (nSPS) is 13.0. The number of carbonyl (C=O) groups is 1. The summed E-state index contributed by atoms with van der Waals surface area (Å²) in [5.41, 5.74) is 1.24. The number of halogens is 2. The number of anilines is 1. The van der Waals surface area contributed by atoms with Gasteiger partial charge in [0.15, 0.2) is 23.1 Å². The third-order valence-electron chi connectivity index (χ3n) is 4.37. The maximum atomic E-state index is 12.4. The van der Waals surface area contributed by atoms with Crippen molar-refractivity contribution >= 4 is 34.8 Å². The van der Waals surface area contributed by atoms with E-state index in [2.05, 4.69) is 10.3 Å². The minimum Gasteiger partial charge on any atom is -0.490 e. The minimum atomic E-state index is -0.209. The monoisotopic (exact) mass is 432 g/mol. The highest BCUT2D eigenvalue weighted by atomic mass is 35.5. The van der Waals surface area contributed by atoms with Gasteiger partial charge in [0.05, 0.1) is 35.1 Å². The number of fused-ring (bicyclic) bond motifs is 1. The molecule has 0 fully saturated rings. The van der Waals surface area contributed by atoms with Crippen molar-refractivity contribution in [3.63, 3.8) is 0 Å². The second-order valence-electron chi connectivity index (χ2n) is 6.48. The van der Waals surface area contributed by atoms with Crippen molar-refractivity contribution in [3.05, 3.63) is 58.5 Å². The van der Waals surface area contributed by atoms with E-state index in [9.17, 15) is 4.79 Å². The zero-order valence-corrected chi connectivity index (χ0v) is 16.9. The van der Waals surface area contributed by atoms with Crippen molar-refractivity contribution in [2.45, 2.75) is 19.3 Å². The van der Waals surface area contributed by atoms with Crippen molar-refractivity contribution in [1.29, 1.82) is 0 Å². The smallest absolute Gasteiger partial charge is 0.224 e. The largest absolute Gasteiger partial charge is 0.490 e. The van der Waals surface area contributed by atoms with E-state index in [1.54, 1.807) is 24.4 Å². The first kappa shape index (κ1) is 19.6. The first-order valence-electron chi connectivity index (χ1n) is 9.19. The SMILES string of the molecule is O=C(CCc1ncc(-c2ccccc2Cl)o1)Nc1cc2c(cc1Cl)OCCCO2. The molecule has 0 atom stereocenters. The Hall–Kier alpha value is -2.70. The van der Waals surface area contributed by atoms with Crippen LogP contribution in [0.4, 0.5) is 5.69 Å². The molecule has 1 N–H and O–H groups in total. The van der Waals surface area contributed by atoms with Crippen LogP contribution in [-0.2, 0) is 11.2 Å². The zero-order chi connectivity index (χ0) is 20.2. The highest BCUT2D eigenvalue weighted by molar-refractivity contribution is 6.34. The molecule has 0 unspecified atom stereocenters. The van der Waals surface area contributed by atoms with Gasteiger partial charge in [-0.25, -0.2) is 4.98 Å². The van der Waals surface area contributed by atoms with Crippen LogP contribution in [0.15, 0.2) is 47.0 Å². The Balaban J connectivity index is 1.39. The Morgan fingerprint density at radius 1 is 1.07 bits per heavy atom. The molecule has 29 heavy (non-hydrogen) atoms. The molecule has 0 saturated carbocycles. The molecule has 1 aromatic heterocycles. The van der Waals surface area contributed by atoms with E-state index < -0.39 is 0 Å². The lowest BCUT2D eigenvalue weighted by Crippen LogP contribution is -2.13. The number of hydrogen-bond acceptors (Lipinski definition) is 5. The van der Waals surface area contributed by atoms with Gasteiger partial charge in [-0.05, 0) is 12.1 Å². The number of nitrogens with one attached hydrogen (secondary N) is 1. The van der Waals surface area contributed by atoms with Crippen LogP contribution in [0.3, 0.4) is 0 Å². The van der Waals surface area contributed by atoms with Crippen molar-refractivity contribution in [2.24, 2.45) is 0 Å². The average Bonchev–Trinajstić information content (AvgIpc) is 3.06. The van der Waals surface area contributed by atoms with Gasteiger partial charge in [-0.1, -0.05) is 35.3 Å². The quantitative estimate of drug-likeness (QED) is 0.585. The van der Waals surface area contributed by atoms with Gasteiger partial charge < -0.3 is 19.2 Å². The molecule has 150 valence electrons. The summed E-state index contributed by atoms with van der Waals surface area (Å²) in [6.07, 6.45) is 2.93. The molecule has 8 heteroatoms. The van der Waals surface area contributed by atoms with E-state index in [-0.39, 0.29) is 12.3 Å². The second kappa shape index (κ2) is 8.76. The first-order valence-corrected chi connectivity index (χ1v) is 9.94. The van der Waals surface area contributed by atoms with Crippen LogP contribution in [0.25, 0.3) is 11.3 Å². The third kappa shape index (κ3) is 4.66. The van der Waals surface area contributed by atoms with Crippen LogP contribution in [0, 0.1) is 0 Å². The highest BCUT2D eigenvalue weighted by Gasteiger charge is 2.16. The highest BCUT2D eigenvalue weighted by Crippen LogP contribution is 2.37. The summed E-state index contributed by atoms with van der Waals surface area (Å²) in [4.78, 5) is 16.6. The number of ether oxygens (including phenoxy) is 2. The van der Waals surface area contributed by atoms with Gasteiger partial charge in [-0.15, -0.1) is 0 Å². The summed E-state index contributed by atoms with van der Waals surface area (Å²) in [5, 5.41) is 3.77. The molecule has 0 saturated heterocycles. The Morgan fingerprint density at radius 2 is 1.83 bits per heavy atom. The molecule has 0 spiro atoms. The van der Waals surface area contributed by atoms with Crippen LogP contribution in [0.5, 0.6) is 11.5 Å². The fraction of sp³-hybridized carbons (Fsp3) is 0.238. The molecule has 4 rings (SSSR count). The topological polar surface area (TPSA) is 73.6 Å². The Kier molecular flexibility index (Phi) is 5.92. The van der Waals surface area contributed by atoms with E-state index in [0.29, 0.717) is 58.5 Å². The van der Waals surface area contributed by atoms with Crippen molar-refractivity contribution in [2.75, 3.05) is 18.5 Å². The maximum Gasteiger partial charge on any atom is 0.224 e. The molecule has 1 amide bonds. The van der Waals surface area contributed by atoms with Crippen molar-refractivity contribution in [1.82, 2.24) is 4.98 Å². The van der Waals surface area contributed by atoms with E-state index in [4.69, 9.17) is 37.1 Å². The Morgan fingerprint density at radius 3 is 2.62 bits per heavy atom. The molecule has 2 heterocycles. The van der Waals surface area contributed by atoms with E-state index in [0.717, 1.165) is 12.0 Å².